The number of amides is 1. The fourth-order valence-electron chi connectivity index (χ4n) is 3.14. The second-order valence-electron chi connectivity index (χ2n) is 5.68. The number of anilines is 1. The highest BCUT2D eigenvalue weighted by Gasteiger charge is 2.26. The first kappa shape index (κ1) is 14.3. The minimum Gasteiger partial charge on any atom is -0.301 e. The van der Waals surface area contributed by atoms with Crippen molar-refractivity contribution in [3.05, 3.63) is 47.5 Å². The molecule has 3 rings (SSSR count). The smallest absolute Gasteiger partial charge is 0.233 e. The van der Waals surface area contributed by atoms with E-state index in [0.717, 1.165) is 12.0 Å². The van der Waals surface area contributed by atoms with Crippen molar-refractivity contribution >= 4 is 22.4 Å². The second-order valence-corrected chi connectivity index (χ2v) is 6.57. The first-order valence-electron chi connectivity index (χ1n) is 7.58. The Labute approximate surface area is 129 Å². The number of nitrogens with one attached hydrogen (secondary N) is 1. The SMILES string of the molecule is O=C(Nc1nccs1)C(CC1CCCC1)c1ccccc1. The molecule has 1 aromatic heterocycles. The van der Waals surface area contributed by atoms with Crippen LogP contribution >= 0.6 is 11.3 Å². The van der Waals surface area contributed by atoms with Crippen molar-refractivity contribution in [2.45, 2.75) is 38.0 Å². The average Bonchev–Trinajstić information content (AvgIpc) is 3.19. The summed E-state index contributed by atoms with van der Waals surface area (Å²) in [6, 6.07) is 10.1. The third-order valence-electron chi connectivity index (χ3n) is 4.22. The van der Waals surface area contributed by atoms with Crippen LogP contribution in [-0.4, -0.2) is 10.9 Å². The molecule has 1 aromatic carbocycles. The van der Waals surface area contributed by atoms with Gasteiger partial charge in [-0.25, -0.2) is 4.98 Å². The van der Waals surface area contributed by atoms with Crippen molar-refractivity contribution in [3.63, 3.8) is 0 Å². The van der Waals surface area contributed by atoms with Crippen molar-refractivity contribution in [2.24, 2.45) is 5.92 Å². The molecule has 1 amide bonds. The summed E-state index contributed by atoms with van der Waals surface area (Å²) in [4.78, 5) is 16.8. The van der Waals surface area contributed by atoms with Gasteiger partial charge in [-0.05, 0) is 17.9 Å². The van der Waals surface area contributed by atoms with Gasteiger partial charge in [0.15, 0.2) is 5.13 Å². The summed E-state index contributed by atoms with van der Waals surface area (Å²) in [5, 5.41) is 5.53. The van der Waals surface area contributed by atoms with E-state index < -0.39 is 0 Å². The second kappa shape index (κ2) is 6.85. The molecule has 110 valence electrons. The van der Waals surface area contributed by atoms with Gasteiger partial charge in [-0.3, -0.25) is 4.79 Å². The molecular formula is C17H20N2OS. The van der Waals surface area contributed by atoms with Crippen LogP contribution in [0.25, 0.3) is 0 Å². The Hall–Kier alpha value is -1.68. The Bertz CT molecular complexity index is 562. The molecule has 1 heterocycles. The summed E-state index contributed by atoms with van der Waals surface area (Å²) in [6.07, 6.45) is 7.79. The molecule has 1 saturated carbocycles. The highest BCUT2D eigenvalue weighted by Crippen LogP contribution is 2.34. The lowest BCUT2D eigenvalue weighted by atomic mass is 9.87. The number of thiazole rings is 1. The monoisotopic (exact) mass is 300 g/mol. The number of carbonyl (C=O) groups excluding carboxylic acids is 1. The molecule has 0 aliphatic heterocycles. The van der Waals surface area contributed by atoms with Gasteiger partial charge >= 0.3 is 0 Å². The molecule has 4 heteroatoms. The topological polar surface area (TPSA) is 42.0 Å². The highest BCUT2D eigenvalue weighted by atomic mass is 32.1. The van der Waals surface area contributed by atoms with Crippen LogP contribution in [0.3, 0.4) is 0 Å². The molecule has 21 heavy (non-hydrogen) atoms. The number of benzene rings is 1. The van der Waals surface area contributed by atoms with Gasteiger partial charge in [-0.15, -0.1) is 11.3 Å². The van der Waals surface area contributed by atoms with Crippen LogP contribution < -0.4 is 5.32 Å². The van der Waals surface area contributed by atoms with E-state index in [0.29, 0.717) is 11.0 Å². The van der Waals surface area contributed by atoms with E-state index in [1.807, 2.05) is 23.6 Å². The van der Waals surface area contributed by atoms with Crippen LogP contribution in [0.15, 0.2) is 41.9 Å². The summed E-state index contributed by atoms with van der Waals surface area (Å²) in [5.41, 5.74) is 1.11. The maximum Gasteiger partial charge on any atom is 0.233 e. The number of nitrogens with zero attached hydrogens (tertiary/aromatic N) is 1. The molecule has 1 fully saturated rings. The molecule has 0 saturated heterocycles. The Morgan fingerprint density at radius 1 is 1.29 bits per heavy atom. The van der Waals surface area contributed by atoms with Gasteiger partial charge in [-0.1, -0.05) is 56.0 Å². The molecule has 0 bridgehead atoms. The standard InChI is InChI=1S/C17H20N2OS/c20-16(19-17-18-10-11-21-17)15(12-13-6-4-5-7-13)14-8-2-1-3-9-14/h1-3,8-11,13,15H,4-7,12H2,(H,18,19,20). The van der Waals surface area contributed by atoms with Crippen LogP contribution in [0.5, 0.6) is 0 Å². The van der Waals surface area contributed by atoms with Crippen molar-refractivity contribution in [3.8, 4) is 0 Å². The van der Waals surface area contributed by atoms with Crippen molar-refractivity contribution in [2.75, 3.05) is 5.32 Å². The van der Waals surface area contributed by atoms with E-state index in [-0.39, 0.29) is 11.8 Å². The van der Waals surface area contributed by atoms with Crippen LogP contribution in [0, 0.1) is 5.92 Å². The highest BCUT2D eigenvalue weighted by molar-refractivity contribution is 7.13. The molecule has 2 aromatic rings. The van der Waals surface area contributed by atoms with Gasteiger partial charge in [-0.2, -0.15) is 0 Å². The number of carbonyl (C=O) groups is 1. The van der Waals surface area contributed by atoms with E-state index in [1.165, 1.54) is 37.0 Å². The van der Waals surface area contributed by atoms with Gasteiger partial charge in [0.1, 0.15) is 0 Å². The maximum absolute atomic E-state index is 12.7. The van der Waals surface area contributed by atoms with Crippen LogP contribution in [0.2, 0.25) is 0 Å². The molecule has 1 aliphatic rings. The normalized spacial score (nSPS) is 16.8. The van der Waals surface area contributed by atoms with Gasteiger partial charge in [0.2, 0.25) is 5.91 Å². The molecule has 0 spiro atoms. The summed E-state index contributed by atoms with van der Waals surface area (Å²) in [6.45, 7) is 0. The Kier molecular flexibility index (Phi) is 4.65. The van der Waals surface area contributed by atoms with E-state index in [2.05, 4.69) is 22.4 Å². The first-order chi connectivity index (χ1) is 10.3. The molecule has 1 unspecified atom stereocenters. The van der Waals surface area contributed by atoms with Gasteiger partial charge in [0.25, 0.3) is 0 Å². The zero-order chi connectivity index (χ0) is 14.5. The number of rotatable bonds is 5. The summed E-state index contributed by atoms with van der Waals surface area (Å²) in [5.74, 6) is 0.679. The summed E-state index contributed by atoms with van der Waals surface area (Å²) >= 11 is 1.46. The van der Waals surface area contributed by atoms with Gasteiger partial charge in [0.05, 0.1) is 5.92 Å². The predicted molar refractivity (Wildman–Crippen MR) is 86.5 cm³/mol. The zero-order valence-corrected chi connectivity index (χ0v) is 12.8. The van der Waals surface area contributed by atoms with E-state index >= 15 is 0 Å². The Balaban J connectivity index is 1.75. The minimum absolute atomic E-state index is 0.0711. The number of aromatic nitrogens is 1. The fraction of sp³-hybridized carbons (Fsp3) is 0.412. The van der Waals surface area contributed by atoms with E-state index in [4.69, 9.17) is 0 Å². The van der Waals surface area contributed by atoms with Crippen molar-refractivity contribution < 1.29 is 4.79 Å². The largest absolute Gasteiger partial charge is 0.301 e. The minimum atomic E-state index is -0.0711. The van der Waals surface area contributed by atoms with Gasteiger partial charge < -0.3 is 5.32 Å². The Morgan fingerprint density at radius 2 is 2.05 bits per heavy atom. The molecular weight excluding hydrogens is 280 g/mol. The fourth-order valence-corrected chi connectivity index (χ4v) is 3.67. The number of hydrogen-bond donors (Lipinski definition) is 1. The van der Waals surface area contributed by atoms with E-state index in [1.54, 1.807) is 6.20 Å². The Morgan fingerprint density at radius 3 is 2.71 bits per heavy atom. The molecule has 1 aliphatic carbocycles. The van der Waals surface area contributed by atoms with E-state index in [9.17, 15) is 4.79 Å². The molecule has 1 N–H and O–H groups in total. The lowest BCUT2D eigenvalue weighted by Gasteiger charge is -2.20. The van der Waals surface area contributed by atoms with Crippen LogP contribution in [-0.2, 0) is 4.79 Å². The van der Waals surface area contributed by atoms with Crippen molar-refractivity contribution in [1.82, 2.24) is 4.98 Å². The molecule has 1 atom stereocenters. The quantitative estimate of drug-likeness (QED) is 0.886. The third-order valence-corrected chi connectivity index (χ3v) is 4.91. The van der Waals surface area contributed by atoms with Crippen molar-refractivity contribution in [1.29, 1.82) is 0 Å². The zero-order valence-electron chi connectivity index (χ0n) is 12.0. The lowest BCUT2D eigenvalue weighted by Crippen LogP contribution is -2.23. The third kappa shape index (κ3) is 3.70. The molecule has 3 nitrogen and oxygen atoms in total. The molecule has 0 radical (unpaired) electrons. The summed E-state index contributed by atoms with van der Waals surface area (Å²) in [7, 11) is 0. The summed E-state index contributed by atoms with van der Waals surface area (Å²) < 4.78 is 0. The van der Waals surface area contributed by atoms with Gasteiger partial charge in [0, 0.05) is 11.6 Å². The van der Waals surface area contributed by atoms with Crippen LogP contribution in [0.4, 0.5) is 5.13 Å². The predicted octanol–water partition coefficient (Wildman–Crippen LogP) is 4.45. The lowest BCUT2D eigenvalue weighted by molar-refractivity contribution is -0.118. The van der Waals surface area contributed by atoms with Crippen LogP contribution in [0.1, 0.15) is 43.6 Å². The first-order valence-corrected chi connectivity index (χ1v) is 8.46. The average molecular weight is 300 g/mol. The number of hydrogen-bond acceptors (Lipinski definition) is 3. The maximum atomic E-state index is 12.7.